The van der Waals surface area contributed by atoms with Crippen molar-refractivity contribution in [3.8, 4) is 0 Å². The maximum Gasteiger partial charge on any atom is 0.212 e. The van der Waals surface area contributed by atoms with Crippen molar-refractivity contribution in [1.82, 2.24) is 4.72 Å². The third-order valence-electron chi connectivity index (χ3n) is 3.38. The van der Waals surface area contributed by atoms with Crippen LogP contribution >= 0.6 is 0 Å². The summed E-state index contributed by atoms with van der Waals surface area (Å²) in [5, 5.41) is 9.09. The Kier molecular flexibility index (Phi) is 3.33. The Morgan fingerprint density at radius 3 is 2.53 bits per heavy atom. The first-order chi connectivity index (χ1) is 7.11. The molecule has 5 heteroatoms. The molecule has 88 valence electrons. The van der Waals surface area contributed by atoms with Crippen LogP contribution in [0.1, 0.15) is 32.1 Å². The molecule has 4 nitrogen and oxygen atoms in total. The van der Waals surface area contributed by atoms with E-state index in [-0.39, 0.29) is 24.3 Å². The first-order valence-electron chi connectivity index (χ1n) is 5.71. The summed E-state index contributed by atoms with van der Waals surface area (Å²) in [6.07, 6.45) is 4.92. The molecule has 15 heavy (non-hydrogen) atoms. The smallest absolute Gasteiger partial charge is 0.212 e. The lowest BCUT2D eigenvalue weighted by atomic mass is 10.1. The van der Waals surface area contributed by atoms with Gasteiger partial charge in [0, 0.05) is 12.6 Å². The highest BCUT2D eigenvalue weighted by molar-refractivity contribution is 7.89. The molecular weight excluding hydrogens is 214 g/mol. The van der Waals surface area contributed by atoms with Crippen LogP contribution in [0, 0.1) is 11.8 Å². The fourth-order valence-electron chi connectivity index (χ4n) is 2.28. The molecule has 2 aliphatic rings. The molecule has 0 saturated heterocycles. The largest absolute Gasteiger partial charge is 0.396 e. The zero-order valence-electron chi connectivity index (χ0n) is 8.85. The van der Waals surface area contributed by atoms with Gasteiger partial charge < -0.3 is 5.11 Å². The second-order valence-corrected chi connectivity index (χ2v) is 6.62. The minimum Gasteiger partial charge on any atom is -0.396 e. The zero-order valence-corrected chi connectivity index (χ0v) is 9.67. The van der Waals surface area contributed by atoms with Gasteiger partial charge in [0.25, 0.3) is 0 Å². The predicted octanol–water partition coefficient (Wildman–Crippen LogP) is 0.477. The summed E-state index contributed by atoms with van der Waals surface area (Å²) in [4.78, 5) is 0. The van der Waals surface area contributed by atoms with E-state index >= 15 is 0 Å². The molecule has 0 bridgehead atoms. The summed E-state index contributed by atoms with van der Waals surface area (Å²) in [5.74, 6) is 0.789. The Morgan fingerprint density at radius 1 is 1.20 bits per heavy atom. The predicted molar refractivity (Wildman–Crippen MR) is 57.9 cm³/mol. The van der Waals surface area contributed by atoms with Crippen LogP contribution in [0.4, 0.5) is 0 Å². The normalized spacial score (nSPS) is 32.1. The molecule has 2 rings (SSSR count). The van der Waals surface area contributed by atoms with Crippen molar-refractivity contribution in [3.63, 3.8) is 0 Å². The molecular formula is C10H19NO3S. The molecule has 2 saturated carbocycles. The van der Waals surface area contributed by atoms with Crippen LogP contribution in [-0.2, 0) is 10.0 Å². The van der Waals surface area contributed by atoms with Crippen molar-refractivity contribution in [2.75, 3.05) is 12.4 Å². The summed E-state index contributed by atoms with van der Waals surface area (Å²) in [5.41, 5.74) is 0. The van der Waals surface area contributed by atoms with Gasteiger partial charge in [-0.15, -0.1) is 0 Å². The number of nitrogens with one attached hydrogen (secondary N) is 1. The molecule has 2 aliphatic carbocycles. The van der Waals surface area contributed by atoms with Crippen molar-refractivity contribution in [2.24, 2.45) is 11.8 Å². The van der Waals surface area contributed by atoms with Gasteiger partial charge in [-0.2, -0.15) is 0 Å². The topological polar surface area (TPSA) is 66.4 Å². The molecule has 0 radical (unpaired) electrons. The van der Waals surface area contributed by atoms with Crippen molar-refractivity contribution in [2.45, 2.75) is 38.1 Å². The van der Waals surface area contributed by atoms with Crippen molar-refractivity contribution < 1.29 is 13.5 Å². The zero-order chi connectivity index (χ0) is 10.9. The monoisotopic (exact) mass is 233 g/mol. The van der Waals surface area contributed by atoms with Crippen LogP contribution in [0.25, 0.3) is 0 Å². The first kappa shape index (κ1) is 11.4. The van der Waals surface area contributed by atoms with E-state index in [0.717, 1.165) is 32.1 Å². The van der Waals surface area contributed by atoms with Crippen molar-refractivity contribution in [1.29, 1.82) is 0 Å². The Hall–Kier alpha value is -0.130. The average molecular weight is 233 g/mol. The second kappa shape index (κ2) is 4.39. The van der Waals surface area contributed by atoms with E-state index in [2.05, 4.69) is 4.72 Å². The molecule has 0 aromatic heterocycles. The molecule has 2 unspecified atom stereocenters. The number of aliphatic hydroxyl groups is 1. The highest BCUT2D eigenvalue weighted by atomic mass is 32.2. The summed E-state index contributed by atoms with van der Waals surface area (Å²) < 4.78 is 26.2. The van der Waals surface area contributed by atoms with E-state index in [9.17, 15) is 8.42 Å². The fraction of sp³-hybridized carbons (Fsp3) is 1.00. The lowest BCUT2D eigenvalue weighted by molar-refractivity contribution is 0.213. The van der Waals surface area contributed by atoms with Crippen LogP contribution in [0.3, 0.4) is 0 Å². The fourth-order valence-corrected chi connectivity index (χ4v) is 4.11. The lowest BCUT2D eigenvalue weighted by Gasteiger charge is -2.18. The molecule has 0 amide bonds. The summed E-state index contributed by atoms with van der Waals surface area (Å²) in [7, 11) is -3.11. The van der Waals surface area contributed by atoms with Gasteiger partial charge >= 0.3 is 0 Å². The van der Waals surface area contributed by atoms with Gasteiger partial charge in [0.15, 0.2) is 0 Å². The third-order valence-corrected chi connectivity index (χ3v) is 4.95. The highest BCUT2D eigenvalue weighted by Crippen LogP contribution is 2.31. The maximum absolute atomic E-state index is 11.7. The van der Waals surface area contributed by atoms with Gasteiger partial charge in [-0.1, -0.05) is 6.42 Å². The van der Waals surface area contributed by atoms with E-state index in [4.69, 9.17) is 5.11 Å². The third kappa shape index (κ3) is 3.16. The molecule has 0 heterocycles. The average Bonchev–Trinajstić information content (AvgIpc) is 2.82. The summed E-state index contributed by atoms with van der Waals surface area (Å²) in [6, 6.07) is -0.0289. The lowest BCUT2D eigenvalue weighted by Crippen LogP contribution is -2.40. The van der Waals surface area contributed by atoms with Crippen molar-refractivity contribution >= 4 is 10.0 Å². The standard InChI is InChI=1S/C10H19NO3S/c12-6-9-2-1-3-10(9)11-15(13,14)7-8-4-5-8/h8-12H,1-7H2. The van der Waals surface area contributed by atoms with Crippen LogP contribution in [0.5, 0.6) is 0 Å². The number of hydrogen-bond acceptors (Lipinski definition) is 3. The Morgan fingerprint density at radius 2 is 1.93 bits per heavy atom. The molecule has 0 aliphatic heterocycles. The number of aliphatic hydroxyl groups excluding tert-OH is 1. The summed E-state index contributed by atoms with van der Waals surface area (Å²) >= 11 is 0. The van der Waals surface area contributed by atoms with Gasteiger partial charge in [0.2, 0.25) is 10.0 Å². The Balaban J connectivity index is 1.88. The minimum atomic E-state index is -3.11. The van der Waals surface area contributed by atoms with E-state index in [1.807, 2.05) is 0 Å². The first-order valence-corrected chi connectivity index (χ1v) is 7.37. The quantitative estimate of drug-likeness (QED) is 0.725. The van der Waals surface area contributed by atoms with Gasteiger partial charge in [-0.05, 0) is 37.5 Å². The minimum absolute atomic E-state index is 0.0289. The van der Waals surface area contributed by atoms with E-state index in [1.165, 1.54) is 0 Å². The molecule has 2 fully saturated rings. The molecule has 0 spiro atoms. The van der Waals surface area contributed by atoms with Gasteiger partial charge in [-0.25, -0.2) is 13.1 Å². The maximum atomic E-state index is 11.7. The molecule has 0 aromatic carbocycles. The number of sulfonamides is 1. The van der Waals surface area contributed by atoms with E-state index in [1.54, 1.807) is 0 Å². The summed E-state index contributed by atoms with van der Waals surface area (Å²) in [6.45, 7) is 0.0939. The SMILES string of the molecule is O=S(=O)(CC1CC1)NC1CCCC1CO. The van der Waals surface area contributed by atoms with Gasteiger partial charge in [0.1, 0.15) is 0 Å². The van der Waals surface area contributed by atoms with E-state index < -0.39 is 10.0 Å². The number of hydrogen-bond donors (Lipinski definition) is 2. The van der Waals surface area contributed by atoms with Crippen molar-refractivity contribution in [3.05, 3.63) is 0 Å². The Bertz CT molecular complexity index is 311. The van der Waals surface area contributed by atoms with E-state index in [0.29, 0.717) is 5.92 Å². The van der Waals surface area contributed by atoms with Gasteiger partial charge in [0.05, 0.1) is 5.75 Å². The van der Waals surface area contributed by atoms with Crippen LogP contribution in [0.15, 0.2) is 0 Å². The number of rotatable bonds is 5. The van der Waals surface area contributed by atoms with Crippen LogP contribution in [0.2, 0.25) is 0 Å². The van der Waals surface area contributed by atoms with Crippen LogP contribution in [-0.4, -0.2) is 31.9 Å². The van der Waals surface area contributed by atoms with Gasteiger partial charge in [-0.3, -0.25) is 0 Å². The molecule has 2 N–H and O–H groups in total. The highest BCUT2D eigenvalue weighted by Gasteiger charge is 2.33. The molecule has 2 atom stereocenters. The second-order valence-electron chi connectivity index (χ2n) is 4.82. The van der Waals surface area contributed by atoms with Crippen LogP contribution < -0.4 is 4.72 Å². The molecule has 0 aromatic rings. The Labute approximate surface area is 91.1 Å².